The second kappa shape index (κ2) is 4.66. The molecule has 108 valence electrons. The minimum Gasteiger partial charge on any atom is -0.237 e. The van der Waals surface area contributed by atoms with Crippen LogP contribution in [0.1, 0.15) is 11.1 Å². The Morgan fingerprint density at radius 1 is 1.10 bits per heavy atom. The fraction of sp³-hybridized carbons (Fsp3) is 0.133. The van der Waals surface area contributed by atoms with E-state index in [0.29, 0.717) is 5.56 Å². The van der Waals surface area contributed by atoms with Gasteiger partial charge in [0.25, 0.3) is 10.0 Å². The van der Waals surface area contributed by atoms with E-state index in [2.05, 4.69) is 4.98 Å². The van der Waals surface area contributed by atoms with Crippen molar-refractivity contribution < 1.29 is 12.8 Å². The van der Waals surface area contributed by atoms with Gasteiger partial charge in [0.2, 0.25) is 0 Å². The molecule has 0 saturated carbocycles. The zero-order valence-corrected chi connectivity index (χ0v) is 12.4. The second-order valence-electron chi connectivity index (χ2n) is 4.92. The molecule has 0 saturated heterocycles. The molecule has 21 heavy (non-hydrogen) atoms. The van der Waals surface area contributed by atoms with E-state index in [-0.39, 0.29) is 15.9 Å². The Kier molecular flexibility index (Phi) is 3.06. The molecule has 2 heterocycles. The molecular weight excluding hydrogens is 291 g/mol. The smallest absolute Gasteiger partial charge is 0.237 e. The molecule has 3 aromatic rings. The maximum absolute atomic E-state index is 13.9. The summed E-state index contributed by atoms with van der Waals surface area (Å²) in [6.07, 6.45) is 2.66. The van der Waals surface area contributed by atoms with E-state index < -0.39 is 15.8 Å². The third-order valence-electron chi connectivity index (χ3n) is 3.37. The first kappa shape index (κ1) is 13.8. The summed E-state index contributed by atoms with van der Waals surface area (Å²) in [6, 6.07) is 7.73. The molecular formula is C15H13FN2O2S. The predicted octanol–water partition coefficient (Wildman–Crippen LogP) is 3.03. The summed E-state index contributed by atoms with van der Waals surface area (Å²) in [7, 11) is -3.79. The number of nitrogens with zero attached hydrogens (tertiary/aromatic N) is 2. The second-order valence-corrected chi connectivity index (χ2v) is 6.73. The monoisotopic (exact) mass is 304 g/mol. The van der Waals surface area contributed by atoms with E-state index in [0.717, 1.165) is 9.54 Å². The number of fused-ring (bicyclic) bond motifs is 1. The maximum Gasteiger partial charge on any atom is 0.269 e. The summed E-state index contributed by atoms with van der Waals surface area (Å²) in [5, 5.41) is 0.230. The van der Waals surface area contributed by atoms with Gasteiger partial charge in [-0.25, -0.2) is 21.8 Å². The van der Waals surface area contributed by atoms with Gasteiger partial charge in [-0.2, -0.15) is 0 Å². The molecule has 4 nitrogen and oxygen atoms in total. The third-order valence-corrected chi connectivity index (χ3v) is 5.04. The molecule has 0 N–H and O–H groups in total. The molecule has 0 radical (unpaired) electrons. The van der Waals surface area contributed by atoms with Crippen molar-refractivity contribution in [3.05, 3.63) is 59.7 Å². The molecule has 1 aromatic carbocycles. The Bertz CT molecular complexity index is 928. The van der Waals surface area contributed by atoms with Crippen LogP contribution in [0.25, 0.3) is 11.0 Å². The van der Waals surface area contributed by atoms with Gasteiger partial charge in [-0.15, -0.1) is 0 Å². The van der Waals surface area contributed by atoms with E-state index in [1.165, 1.54) is 30.6 Å². The van der Waals surface area contributed by atoms with Crippen LogP contribution in [0, 0.1) is 19.7 Å². The van der Waals surface area contributed by atoms with Gasteiger partial charge in [0.05, 0.1) is 10.3 Å². The van der Waals surface area contributed by atoms with Crippen LogP contribution >= 0.6 is 0 Å². The van der Waals surface area contributed by atoms with Gasteiger partial charge in [0.1, 0.15) is 5.82 Å². The minimum absolute atomic E-state index is 0.105. The van der Waals surface area contributed by atoms with E-state index in [9.17, 15) is 12.8 Å². The zero-order chi connectivity index (χ0) is 15.2. The summed E-state index contributed by atoms with van der Waals surface area (Å²) in [5.41, 5.74) is 1.60. The fourth-order valence-corrected chi connectivity index (χ4v) is 3.64. The van der Waals surface area contributed by atoms with Gasteiger partial charge in [0.15, 0.2) is 5.65 Å². The van der Waals surface area contributed by atoms with E-state index in [1.807, 2.05) is 6.92 Å². The predicted molar refractivity (Wildman–Crippen MR) is 78.2 cm³/mol. The average Bonchev–Trinajstić information content (AvgIpc) is 2.79. The summed E-state index contributed by atoms with van der Waals surface area (Å²) in [6.45, 7) is 3.54. The highest BCUT2D eigenvalue weighted by Crippen LogP contribution is 2.26. The van der Waals surface area contributed by atoms with Crippen molar-refractivity contribution in [1.29, 1.82) is 0 Å². The van der Waals surface area contributed by atoms with Crippen LogP contribution in [0.5, 0.6) is 0 Å². The number of aryl methyl sites for hydroxylation is 2. The van der Waals surface area contributed by atoms with E-state index in [1.54, 1.807) is 19.1 Å². The third kappa shape index (κ3) is 2.12. The van der Waals surface area contributed by atoms with Gasteiger partial charge in [-0.3, -0.25) is 0 Å². The minimum atomic E-state index is -3.79. The quantitative estimate of drug-likeness (QED) is 0.731. The molecule has 0 aliphatic rings. The molecule has 2 aromatic heterocycles. The number of hydrogen-bond donors (Lipinski definition) is 0. The first-order chi connectivity index (χ1) is 9.91. The first-order valence-corrected chi connectivity index (χ1v) is 7.79. The number of benzene rings is 1. The van der Waals surface area contributed by atoms with Gasteiger partial charge < -0.3 is 0 Å². The number of aromatic nitrogens is 2. The molecule has 0 bridgehead atoms. The van der Waals surface area contributed by atoms with Gasteiger partial charge in [-0.05, 0) is 37.6 Å². The summed E-state index contributed by atoms with van der Waals surface area (Å²) >= 11 is 0. The van der Waals surface area contributed by atoms with Crippen LogP contribution in [0.2, 0.25) is 0 Å². The summed E-state index contributed by atoms with van der Waals surface area (Å²) in [4.78, 5) is 4.17. The van der Waals surface area contributed by atoms with Gasteiger partial charge >= 0.3 is 0 Å². The standard InChI is InChI=1S/C15H13FN2O2S/c1-10-3-5-12(6-4-10)21(19,20)18-9-11(2)14-13(16)7-8-17-15(14)18/h3-9H,1-2H3. The van der Waals surface area contributed by atoms with Crippen molar-refractivity contribution in [3.63, 3.8) is 0 Å². The molecule has 0 fully saturated rings. The normalized spacial score (nSPS) is 12.0. The maximum atomic E-state index is 13.9. The van der Waals surface area contributed by atoms with Crippen molar-refractivity contribution in [2.45, 2.75) is 18.7 Å². The molecule has 0 spiro atoms. The highest BCUT2D eigenvalue weighted by molar-refractivity contribution is 7.90. The van der Waals surface area contributed by atoms with Crippen LogP contribution in [-0.4, -0.2) is 17.4 Å². The van der Waals surface area contributed by atoms with Crippen molar-refractivity contribution in [1.82, 2.24) is 8.96 Å². The van der Waals surface area contributed by atoms with E-state index >= 15 is 0 Å². The molecule has 0 aliphatic carbocycles. The van der Waals surface area contributed by atoms with Crippen molar-refractivity contribution in [2.24, 2.45) is 0 Å². The summed E-state index contributed by atoms with van der Waals surface area (Å²) in [5.74, 6) is -0.477. The lowest BCUT2D eigenvalue weighted by atomic mass is 10.2. The van der Waals surface area contributed by atoms with E-state index in [4.69, 9.17) is 0 Å². The lowest BCUT2D eigenvalue weighted by Gasteiger charge is -2.07. The lowest BCUT2D eigenvalue weighted by Crippen LogP contribution is -2.12. The van der Waals surface area contributed by atoms with Crippen molar-refractivity contribution in [3.8, 4) is 0 Å². The number of halogens is 1. The number of pyridine rings is 1. The Hall–Kier alpha value is -2.21. The number of rotatable bonds is 2. The molecule has 0 unspecified atom stereocenters. The average molecular weight is 304 g/mol. The first-order valence-electron chi connectivity index (χ1n) is 6.35. The van der Waals surface area contributed by atoms with Crippen LogP contribution < -0.4 is 0 Å². The lowest BCUT2D eigenvalue weighted by molar-refractivity contribution is 0.588. The molecule has 0 atom stereocenters. The molecule has 6 heteroatoms. The SMILES string of the molecule is Cc1ccc(S(=O)(=O)n2cc(C)c3c(F)ccnc32)cc1. The fourth-order valence-electron chi connectivity index (χ4n) is 2.27. The number of hydrogen-bond acceptors (Lipinski definition) is 3. The van der Waals surface area contributed by atoms with Crippen LogP contribution in [0.15, 0.2) is 47.6 Å². The topological polar surface area (TPSA) is 52.0 Å². The van der Waals surface area contributed by atoms with Gasteiger partial charge in [-0.1, -0.05) is 17.7 Å². The molecule has 0 amide bonds. The zero-order valence-electron chi connectivity index (χ0n) is 11.5. The van der Waals surface area contributed by atoms with Crippen LogP contribution in [-0.2, 0) is 10.0 Å². The van der Waals surface area contributed by atoms with Gasteiger partial charge in [0, 0.05) is 12.4 Å². The van der Waals surface area contributed by atoms with Crippen LogP contribution in [0.3, 0.4) is 0 Å². The Morgan fingerprint density at radius 3 is 2.43 bits per heavy atom. The van der Waals surface area contributed by atoms with Crippen molar-refractivity contribution >= 4 is 21.1 Å². The largest absolute Gasteiger partial charge is 0.269 e. The van der Waals surface area contributed by atoms with Crippen molar-refractivity contribution in [2.75, 3.05) is 0 Å². The Balaban J connectivity index is 2.29. The molecule has 0 aliphatic heterocycles. The Morgan fingerprint density at radius 2 is 1.76 bits per heavy atom. The highest BCUT2D eigenvalue weighted by atomic mass is 32.2. The Labute approximate surface area is 121 Å². The highest BCUT2D eigenvalue weighted by Gasteiger charge is 2.22. The summed E-state index contributed by atoms with van der Waals surface area (Å²) < 4.78 is 40.3. The molecule has 3 rings (SSSR count). The van der Waals surface area contributed by atoms with Crippen LogP contribution in [0.4, 0.5) is 4.39 Å².